The van der Waals surface area contributed by atoms with Gasteiger partial charge in [-0.25, -0.2) is 0 Å². The molecule has 0 amide bonds. The van der Waals surface area contributed by atoms with Gasteiger partial charge in [0.1, 0.15) is 18.3 Å². The fourth-order valence-electron chi connectivity index (χ4n) is 1.36. The highest BCUT2D eigenvalue weighted by Gasteiger charge is 2.41. The number of aliphatic hydroxyl groups excluding tert-OH is 3. The molecule has 1 saturated heterocycles. The van der Waals surface area contributed by atoms with Crippen molar-refractivity contribution in [3.8, 4) is 0 Å². The van der Waals surface area contributed by atoms with Crippen LogP contribution >= 0.6 is 0 Å². The Hall–Kier alpha value is -0.200. The predicted octanol–water partition coefficient (Wildman–Crippen LogP) is -0.369. The van der Waals surface area contributed by atoms with Crippen molar-refractivity contribution in [3.05, 3.63) is 0 Å². The maximum absolute atomic E-state index is 9.65. The van der Waals surface area contributed by atoms with Gasteiger partial charge in [-0.1, -0.05) is 6.92 Å². The Morgan fingerprint density at radius 1 is 1.33 bits per heavy atom. The third kappa shape index (κ3) is 3.12. The van der Waals surface area contributed by atoms with E-state index in [1.54, 1.807) is 0 Å². The Kier molecular flexibility index (Phi) is 4.08. The largest absolute Gasteiger partial charge is 0.388 e. The van der Waals surface area contributed by atoms with E-state index < -0.39 is 30.2 Å². The lowest BCUT2D eigenvalue weighted by atomic mass is 10.0. The minimum Gasteiger partial charge on any atom is -0.388 e. The van der Waals surface area contributed by atoms with Crippen LogP contribution in [0.15, 0.2) is 0 Å². The van der Waals surface area contributed by atoms with Crippen LogP contribution in [0.2, 0.25) is 0 Å². The van der Waals surface area contributed by atoms with Gasteiger partial charge in [-0.2, -0.15) is 0 Å². The van der Waals surface area contributed by atoms with Crippen LogP contribution in [0.1, 0.15) is 27.2 Å². The quantitative estimate of drug-likeness (QED) is 0.605. The van der Waals surface area contributed by atoms with Crippen molar-refractivity contribution in [1.82, 2.24) is 0 Å². The van der Waals surface area contributed by atoms with Crippen molar-refractivity contribution in [2.75, 3.05) is 6.61 Å². The van der Waals surface area contributed by atoms with Crippen LogP contribution in [0.3, 0.4) is 0 Å². The standard InChI is InChI=1S/C10H20O5/c1-4-10(2,3)15-8-7(12)6(11)5-14-9(8)13/h6-9,11-13H,4-5H2,1-3H3. The highest BCUT2D eigenvalue weighted by molar-refractivity contribution is 4.85. The summed E-state index contributed by atoms with van der Waals surface area (Å²) in [5.74, 6) is 0. The smallest absolute Gasteiger partial charge is 0.183 e. The molecule has 4 unspecified atom stereocenters. The molecule has 15 heavy (non-hydrogen) atoms. The van der Waals surface area contributed by atoms with E-state index in [-0.39, 0.29) is 6.61 Å². The fraction of sp³-hybridized carbons (Fsp3) is 1.00. The van der Waals surface area contributed by atoms with E-state index in [9.17, 15) is 15.3 Å². The summed E-state index contributed by atoms with van der Waals surface area (Å²) in [6.45, 7) is 5.58. The monoisotopic (exact) mass is 220 g/mol. The summed E-state index contributed by atoms with van der Waals surface area (Å²) < 4.78 is 10.4. The van der Waals surface area contributed by atoms with Crippen LogP contribution in [0, 0.1) is 0 Å². The molecule has 0 aromatic heterocycles. The van der Waals surface area contributed by atoms with Gasteiger partial charge in [0.2, 0.25) is 0 Å². The zero-order valence-corrected chi connectivity index (χ0v) is 9.38. The first-order valence-corrected chi connectivity index (χ1v) is 5.21. The Bertz CT molecular complexity index is 206. The van der Waals surface area contributed by atoms with Gasteiger partial charge in [-0.05, 0) is 20.3 Å². The summed E-state index contributed by atoms with van der Waals surface area (Å²) in [6, 6.07) is 0. The second-order valence-electron chi connectivity index (χ2n) is 4.48. The summed E-state index contributed by atoms with van der Waals surface area (Å²) in [6.07, 6.45) is -3.47. The molecule has 0 spiro atoms. The van der Waals surface area contributed by atoms with Crippen LogP contribution < -0.4 is 0 Å². The van der Waals surface area contributed by atoms with E-state index in [2.05, 4.69) is 0 Å². The van der Waals surface area contributed by atoms with Gasteiger partial charge in [-0.15, -0.1) is 0 Å². The van der Waals surface area contributed by atoms with Crippen molar-refractivity contribution in [2.24, 2.45) is 0 Å². The third-order valence-corrected chi connectivity index (χ3v) is 2.76. The van der Waals surface area contributed by atoms with Crippen molar-refractivity contribution < 1.29 is 24.8 Å². The summed E-state index contributed by atoms with van der Waals surface area (Å²) in [4.78, 5) is 0. The van der Waals surface area contributed by atoms with Gasteiger partial charge in [0, 0.05) is 0 Å². The molecule has 0 radical (unpaired) electrons. The average Bonchev–Trinajstić information content (AvgIpc) is 2.19. The Morgan fingerprint density at radius 3 is 2.47 bits per heavy atom. The Morgan fingerprint density at radius 2 is 1.93 bits per heavy atom. The first-order chi connectivity index (χ1) is 6.87. The predicted molar refractivity (Wildman–Crippen MR) is 53.2 cm³/mol. The number of aliphatic hydroxyl groups is 3. The molecule has 1 heterocycles. The lowest BCUT2D eigenvalue weighted by Crippen LogP contribution is -2.56. The number of hydrogen-bond donors (Lipinski definition) is 3. The molecule has 0 saturated carbocycles. The SMILES string of the molecule is CCC(C)(C)OC1C(O)OCC(O)C1O. The molecule has 0 aromatic rings. The van der Waals surface area contributed by atoms with Gasteiger partial charge >= 0.3 is 0 Å². The van der Waals surface area contributed by atoms with Crippen molar-refractivity contribution in [1.29, 1.82) is 0 Å². The minimum absolute atomic E-state index is 0.0747. The maximum Gasteiger partial charge on any atom is 0.183 e. The highest BCUT2D eigenvalue weighted by atomic mass is 16.7. The lowest BCUT2D eigenvalue weighted by Gasteiger charge is -2.39. The van der Waals surface area contributed by atoms with E-state index in [1.165, 1.54) is 0 Å². The van der Waals surface area contributed by atoms with Crippen molar-refractivity contribution >= 4 is 0 Å². The summed E-state index contributed by atoms with van der Waals surface area (Å²) in [7, 11) is 0. The molecule has 90 valence electrons. The molecule has 5 heteroatoms. The van der Waals surface area contributed by atoms with Gasteiger partial charge in [0.05, 0.1) is 12.2 Å². The summed E-state index contributed by atoms with van der Waals surface area (Å²) >= 11 is 0. The zero-order chi connectivity index (χ0) is 11.6. The Labute approximate surface area is 89.6 Å². The van der Waals surface area contributed by atoms with E-state index in [1.807, 2.05) is 20.8 Å². The molecule has 0 bridgehead atoms. The number of ether oxygens (including phenoxy) is 2. The number of rotatable bonds is 3. The summed E-state index contributed by atoms with van der Waals surface area (Å²) in [5.41, 5.74) is -0.465. The number of hydrogen-bond acceptors (Lipinski definition) is 5. The summed E-state index contributed by atoms with van der Waals surface area (Å²) in [5, 5.41) is 28.5. The molecule has 1 aliphatic heterocycles. The van der Waals surface area contributed by atoms with E-state index in [0.717, 1.165) is 6.42 Å². The van der Waals surface area contributed by atoms with Gasteiger partial charge < -0.3 is 24.8 Å². The topological polar surface area (TPSA) is 79.2 Å². The highest BCUT2D eigenvalue weighted by Crippen LogP contribution is 2.24. The van der Waals surface area contributed by atoms with E-state index >= 15 is 0 Å². The van der Waals surface area contributed by atoms with Crippen LogP contribution in [-0.2, 0) is 9.47 Å². The van der Waals surface area contributed by atoms with Gasteiger partial charge in [-0.3, -0.25) is 0 Å². The van der Waals surface area contributed by atoms with E-state index in [4.69, 9.17) is 9.47 Å². The van der Waals surface area contributed by atoms with Gasteiger partial charge in [0.15, 0.2) is 6.29 Å². The third-order valence-electron chi connectivity index (χ3n) is 2.76. The van der Waals surface area contributed by atoms with E-state index in [0.29, 0.717) is 0 Å². The first kappa shape index (κ1) is 12.9. The van der Waals surface area contributed by atoms with Gasteiger partial charge in [0.25, 0.3) is 0 Å². The molecule has 0 aromatic carbocycles. The molecule has 5 nitrogen and oxygen atoms in total. The zero-order valence-electron chi connectivity index (χ0n) is 9.38. The van der Waals surface area contributed by atoms with Crippen LogP contribution in [-0.4, -0.2) is 52.1 Å². The normalized spacial score (nSPS) is 38.0. The lowest BCUT2D eigenvalue weighted by molar-refractivity contribution is -0.285. The molecule has 1 fully saturated rings. The molecule has 1 aliphatic rings. The Balaban J connectivity index is 2.64. The maximum atomic E-state index is 9.65. The molecule has 3 N–H and O–H groups in total. The molecule has 4 atom stereocenters. The average molecular weight is 220 g/mol. The molecule has 0 aliphatic carbocycles. The molecular formula is C10H20O5. The second-order valence-corrected chi connectivity index (χ2v) is 4.48. The first-order valence-electron chi connectivity index (χ1n) is 5.21. The minimum atomic E-state index is -1.19. The second kappa shape index (κ2) is 4.76. The van der Waals surface area contributed by atoms with Crippen molar-refractivity contribution in [3.63, 3.8) is 0 Å². The fourth-order valence-corrected chi connectivity index (χ4v) is 1.36. The van der Waals surface area contributed by atoms with Crippen LogP contribution in [0.5, 0.6) is 0 Å². The van der Waals surface area contributed by atoms with Crippen LogP contribution in [0.4, 0.5) is 0 Å². The van der Waals surface area contributed by atoms with Crippen LogP contribution in [0.25, 0.3) is 0 Å². The van der Waals surface area contributed by atoms with Crippen molar-refractivity contribution in [2.45, 2.75) is 57.4 Å². The molecular weight excluding hydrogens is 200 g/mol. The molecule has 1 rings (SSSR count).